The van der Waals surface area contributed by atoms with Gasteiger partial charge in [0.2, 0.25) is 17.7 Å². The molecule has 294 valence electrons. The molecular formula is C40H40N8O9. The van der Waals surface area contributed by atoms with E-state index >= 15 is 0 Å². The fourth-order valence-electron chi connectivity index (χ4n) is 6.45. The zero-order chi connectivity index (χ0) is 40.6. The number of carbonyl (C=O) groups is 5. The lowest BCUT2D eigenvalue weighted by atomic mass is 10.0. The van der Waals surface area contributed by atoms with Gasteiger partial charge in [-0.25, -0.2) is 14.6 Å². The SMILES string of the molecule is Cn1nc(-c2nc3cc(NC(=O)c4ccc(OC(C)(C)COC(C)(C)CCNc5cccc6c5C(=O)N(C5CCC(=O)NC5=O)C6=O)cn4)ccc3o2)ccc1=O. The van der Waals surface area contributed by atoms with Gasteiger partial charge in [-0.1, -0.05) is 6.07 Å². The molecule has 0 radical (unpaired) electrons. The van der Waals surface area contributed by atoms with Crippen LogP contribution in [0.2, 0.25) is 0 Å². The molecule has 5 heterocycles. The van der Waals surface area contributed by atoms with Gasteiger partial charge in [0.25, 0.3) is 23.3 Å². The number of hydrogen-bond acceptors (Lipinski definition) is 13. The number of nitrogens with one attached hydrogen (secondary N) is 3. The molecule has 2 aliphatic rings. The van der Waals surface area contributed by atoms with E-state index in [1.807, 2.05) is 27.7 Å². The molecule has 5 aromatic rings. The van der Waals surface area contributed by atoms with Crippen molar-refractivity contribution in [3.05, 3.63) is 94.0 Å². The van der Waals surface area contributed by atoms with Crippen molar-refractivity contribution in [3.8, 4) is 17.3 Å². The summed E-state index contributed by atoms with van der Waals surface area (Å²) in [6, 6.07) is 15.0. The van der Waals surface area contributed by atoms with Gasteiger partial charge in [-0.15, -0.1) is 0 Å². The predicted octanol–water partition coefficient (Wildman–Crippen LogP) is 4.09. The molecule has 7 rings (SSSR count). The predicted molar refractivity (Wildman–Crippen MR) is 206 cm³/mol. The maximum Gasteiger partial charge on any atom is 0.274 e. The van der Waals surface area contributed by atoms with Crippen LogP contribution in [0.5, 0.6) is 5.75 Å². The van der Waals surface area contributed by atoms with Crippen LogP contribution in [0, 0.1) is 0 Å². The lowest BCUT2D eigenvalue weighted by Crippen LogP contribution is -2.54. The van der Waals surface area contributed by atoms with Gasteiger partial charge in [0.15, 0.2) is 5.58 Å². The van der Waals surface area contributed by atoms with Crippen LogP contribution >= 0.6 is 0 Å². The lowest BCUT2D eigenvalue weighted by Gasteiger charge is -2.32. The number of oxazole rings is 1. The Kier molecular flexibility index (Phi) is 10.2. The Morgan fingerprint density at radius 1 is 0.982 bits per heavy atom. The van der Waals surface area contributed by atoms with E-state index in [4.69, 9.17) is 13.9 Å². The van der Waals surface area contributed by atoms with Gasteiger partial charge in [0, 0.05) is 37.5 Å². The van der Waals surface area contributed by atoms with E-state index in [0.29, 0.717) is 46.9 Å². The highest BCUT2D eigenvalue weighted by atomic mass is 16.6. The number of anilines is 2. The number of fused-ring (bicyclic) bond motifs is 2. The van der Waals surface area contributed by atoms with Gasteiger partial charge in [0.05, 0.1) is 29.5 Å². The molecule has 2 aliphatic heterocycles. The molecule has 0 saturated carbocycles. The number of rotatable bonds is 13. The van der Waals surface area contributed by atoms with Crippen LogP contribution in [0.3, 0.4) is 0 Å². The molecular weight excluding hydrogens is 736 g/mol. The van der Waals surface area contributed by atoms with E-state index in [0.717, 1.165) is 4.90 Å². The van der Waals surface area contributed by atoms with E-state index in [9.17, 15) is 28.8 Å². The second-order valence-electron chi connectivity index (χ2n) is 15.0. The number of nitrogens with zero attached hydrogens (tertiary/aromatic N) is 5. The maximum absolute atomic E-state index is 13.4. The highest BCUT2D eigenvalue weighted by Crippen LogP contribution is 2.33. The summed E-state index contributed by atoms with van der Waals surface area (Å²) in [5.74, 6) is -2.01. The second-order valence-corrected chi connectivity index (χ2v) is 15.0. The minimum atomic E-state index is -1.04. The Bertz CT molecular complexity index is 2490. The van der Waals surface area contributed by atoms with Gasteiger partial charge >= 0.3 is 0 Å². The van der Waals surface area contributed by atoms with Crippen molar-refractivity contribution in [1.29, 1.82) is 0 Å². The van der Waals surface area contributed by atoms with Gasteiger partial charge in [-0.2, -0.15) is 5.10 Å². The van der Waals surface area contributed by atoms with Crippen molar-refractivity contribution in [2.75, 3.05) is 23.8 Å². The molecule has 57 heavy (non-hydrogen) atoms. The summed E-state index contributed by atoms with van der Waals surface area (Å²) in [6.07, 6.45) is 2.11. The molecule has 1 atom stereocenters. The molecule has 3 N–H and O–H groups in total. The zero-order valence-corrected chi connectivity index (χ0v) is 31.9. The number of imide groups is 2. The highest BCUT2D eigenvalue weighted by molar-refractivity contribution is 6.25. The summed E-state index contributed by atoms with van der Waals surface area (Å²) in [6.45, 7) is 8.21. The van der Waals surface area contributed by atoms with Crippen LogP contribution in [0.4, 0.5) is 11.4 Å². The molecule has 2 aromatic carbocycles. The number of carbonyl (C=O) groups excluding carboxylic acids is 5. The third kappa shape index (κ3) is 8.28. The van der Waals surface area contributed by atoms with E-state index in [1.54, 1.807) is 48.5 Å². The summed E-state index contributed by atoms with van der Waals surface area (Å²) in [5, 5.41) is 12.4. The standard InChI is InChI=1S/C40H40N8O9/c1-39(2,17-18-41-25-8-6-7-24-33(25)38(54)48(37(24)53)29-13-15-31(49)45-35(29)52)55-21-40(3,4)57-23-10-11-26(42-20-23)34(51)43-22-9-14-30-28(19-22)44-36(56-30)27-12-16-32(50)47(5)46-27/h6-12,14,16,19-20,29,41H,13,15,17-18,21H2,1-5H3,(H,43,51)(H,45,49,52). The maximum atomic E-state index is 13.4. The number of ether oxygens (including phenoxy) is 2. The fourth-order valence-corrected chi connectivity index (χ4v) is 6.45. The molecule has 1 fully saturated rings. The first-order chi connectivity index (χ1) is 27.1. The van der Waals surface area contributed by atoms with Crippen molar-refractivity contribution >= 4 is 52.0 Å². The molecule has 0 spiro atoms. The number of benzene rings is 2. The number of aryl methyl sites for hydroxylation is 1. The van der Waals surface area contributed by atoms with Gasteiger partial charge < -0.3 is 24.5 Å². The molecule has 17 heteroatoms. The Hall–Kier alpha value is -6.75. The van der Waals surface area contributed by atoms with E-state index < -0.39 is 46.8 Å². The van der Waals surface area contributed by atoms with Crippen LogP contribution in [-0.2, 0) is 21.4 Å². The largest absolute Gasteiger partial charge is 0.484 e. The van der Waals surface area contributed by atoms with Crippen molar-refractivity contribution in [3.63, 3.8) is 0 Å². The Morgan fingerprint density at radius 2 is 1.79 bits per heavy atom. The Morgan fingerprint density at radius 3 is 2.53 bits per heavy atom. The van der Waals surface area contributed by atoms with Crippen molar-refractivity contribution in [2.24, 2.45) is 7.05 Å². The first-order valence-corrected chi connectivity index (χ1v) is 18.2. The normalized spacial score (nSPS) is 15.8. The van der Waals surface area contributed by atoms with E-state index in [2.05, 4.69) is 31.0 Å². The third-order valence-corrected chi connectivity index (χ3v) is 9.51. The smallest absolute Gasteiger partial charge is 0.274 e. The van der Waals surface area contributed by atoms with Crippen molar-refractivity contribution < 1.29 is 37.9 Å². The summed E-state index contributed by atoms with van der Waals surface area (Å²) in [7, 11) is 1.54. The average Bonchev–Trinajstić information content (AvgIpc) is 3.70. The lowest BCUT2D eigenvalue weighted by molar-refractivity contribution is -0.136. The fraction of sp³-hybridized carbons (Fsp3) is 0.325. The molecule has 0 bridgehead atoms. The van der Waals surface area contributed by atoms with Crippen LogP contribution < -0.4 is 26.2 Å². The molecule has 1 saturated heterocycles. The first kappa shape index (κ1) is 38.5. The average molecular weight is 777 g/mol. The highest BCUT2D eigenvalue weighted by Gasteiger charge is 2.45. The molecule has 3 aromatic heterocycles. The number of amides is 5. The van der Waals surface area contributed by atoms with E-state index in [1.165, 1.54) is 30.1 Å². The van der Waals surface area contributed by atoms with E-state index in [-0.39, 0.29) is 47.7 Å². The number of aromatic nitrogens is 4. The molecule has 17 nitrogen and oxygen atoms in total. The Balaban J connectivity index is 0.900. The minimum Gasteiger partial charge on any atom is -0.484 e. The quantitative estimate of drug-likeness (QED) is 0.144. The van der Waals surface area contributed by atoms with Gasteiger partial charge in [0.1, 0.15) is 34.3 Å². The summed E-state index contributed by atoms with van der Waals surface area (Å²) in [5.41, 5.74) is 1.21. The molecule has 0 aliphatic carbocycles. The minimum absolute atomic E-state index is 0.0435. The van der Waals surface area contributed by atoms with Gasteiger partial charge in [-0.05, 0) is 89.1 Å². The van der Waals surface area contributed by atoms with Crippen LogP contribution in [-0.4, -0.2) is 84.6 Å². The summed E-state index contributed by atoms with van der Waals surface area (Å²) >= 11 is 0. The molecule has 5 amide bonds. The van der Waals surface area contributed by atoms with Crippen molar-refractivity contribution in [1.82, 2.24) is 30.0 Å². The topological polar surface area (TPSA) is 217 Å². The summed E-state index contributed by atoms with van der Waals surface area (Å²) in [4.78, 5) is 85.1. The van der Waals surface area contributed by atoms with Gasteiger partial charge in [-0.3, -0.25) is 39.0 Å². The number of piperidine rings is 1. The van der Waals surface area contributed by atoms with Crippen molar-refractivity contribution in [2.45, 2.75) is 64.2 Å². The molecule has 1 unspecified atom stereocenters. The number of hydrogen-bond donors (Lipinski definition) is 3. The second kappa shape index (κ2) is 15.1. The van der Waals surface area contributed by atoms with Crippen LogP contribution in [0.25, 0.3) is 22.7 Å². The third-order valence-electron chi connectivity index (χ3n) is 9.51. The Labute approximate surface area is 325 Å². The zero-order valence-electron chi connectivity index (χ0n) is 31.9. The summed E-state index contributed by atoms with van der Waals surface area (Å²) < 4.78 is 19.4. The van der Waals surface area contributed by atoms with Crippen LogP contribution in [0.1, 0.15) is 78.2 Å². The first-order valence-electron chi connectivity index (χ1n) is 18.2. The van der Waals surface area contributed by atoms with Crippen LogP contribution in [0.15, 0.2) is 76.1 Å². The number of pyridine rings is 1. The monoisotopic (exact) mass is 776 g/mol.